The molecule has 2 heterocycles. The summed E-state index contributed by atoms with van der Waals surface area (Å²) >= 11 is 0. The Balaban J connectivity index is 0.00000338. The Morgan fingerprint density at radius 3 is 2.73 bits per heavy atom. The van der Waals surface area contributed by atoms with E-state index in [1.165, 1.54) is 0 Å². The maximum atomic E-state index is 11.9. The highest BCUT2D eigenvalue weighted by Crippen LogP contribution is 2.22. The van der Waals surface area contributed by atoms with Gasteiger partial charge in [-0.25, -0.2) is 9.67 Å². The van der Waals surface area contributed by atoms with Crippen molar-refractivity contribution in [3.63, 3.8) is 0 Å². The van der Waals surface area contributed by atoms with Crippen molar-refractivity contribution in [3.8, 4) is 0 Å². The fraction of sp³-hybridized carbons (Fsp3) is 0.765. The van der Waals surface area contributed by atoms with Crippen LogP contribution in [0, 0.1) is 12.3 Å². The van der Waals surface area contributed by atoms with E-state index in [0.717, 1.165) is 43.5 Å². The van der Waals surface area contributed by atoms with Crippen molar-refractivity contribution in [1.82, 2.24) is 30.7 Å². The number of hydrogen-bond donors (Lipinski definition) is 3. The van der Waals surface area contributed by atoms with Crippen LogP contribution >= 0.6 is 24.0 Å². The molecule has 0 aromatic carbocycles. The highest BCUT2D eigenvalue weighted by molar-refractivity contribution is 14.0. The number of rotatable bonds is 5. The molecule has 1 aromatic rings. The first-order valence-corrected chi connectivity index (χ1v) is 9.05. The lowest BCUT2D eigenvalue weighted by atomic mass is 9.96. The maximum absolute atomic E-state index is 11.9. The average molecular weight is 477 g/mol. The van der Waals surface area contributed by atoms with Crippen molar-refractivity contribution in [1.29, 1.82) is 0 Å². The first-order chi connectivity index (χ1) is 11.8. The molecule has 1 aromatic heterocycles. The van der Waals surface area contributed by atoms with Crippen LogP contribution in [0.15, 0.2) is 4.99 Å². The van der Waals surface area contributed by atoms with Gasteiger partial charge < -0.3 is 16.0 Å². The number of amides is 1. The lowest BCUT2D eigenvalue weighted by molar-refractivity contribution is -0.128. The van der Waals surface area contributed by atoms with E-state index in [9.17, 15) is 4.79 Å². The number of nitrogens with zero attached hydrogens (tertiary/aromatic N) is 4. The van der Waals surface area contributed by atoms with Crippen molar-refractivity contribution in [2.24, 2.45) is 10.4 Å². The summed E-state index contributed by atoms with van der Waals surface area (Å²) in [6.45, 7) is 12.4. The molecule has 3 N–H and O–H groups in total. The van der Waals surface area contributed by atoms with Gasteiger partial charge in [-0.05, 0) is 26.7 Å². The van der Waals surface area contributed by atoms with Crippen LogP contribution in [0.5, 0.6) is 0 Å². The number of fused-ring (bicyclic) bond motifs is 1. The zero-order valence-corrected chi connectivity index (χ0v) is 18.8. The first kappa shape index (κ1) is 22.7. The van der Waals surface area contributed by atoms with Gasteiger partial charge in [-0.2, -0.15) is 5.10 Å². The standard InChI is InChI=1S/C17H31N7O.HI/c1-6-18-16(20-10-9-19-15(25)17(3,4)5)22-13-8-7-11-24-14(13)21-12(2)23-24;/h13H,6-11H2,1-5H3,(H,19,25)(H2,18,20,22);1H. The van der Waals surface area contributed by atoms with Gasteiger partial charge in [0.25, 0.3) is 0 Å². The van der Waals surface area contributed by atoms with Gasteiger partial charge in [0.15, 0.2) is 5.96 Å². The fourth-order valence-corrected chi connectivity index (χ4v) is 2.69. The summed E-state index contributed by atoms with van der Waals surface area (Å²) in [7, 11) is 0. The second-order valence-electron chi connectivity index (χ2n) is 7.35. The maximum Gasteiger partial charge on any atom is 0.225 e. The fourth-order valence-electron chi connectivity index (χ4n) is 2.69. The van der Waals surface area contributed by atoms with Gasteiger partial charge in [-0.15, -0.1) is 24.0 Å². The van der Waals surface area contributed by atoms with Crippen LogP contribution < -0.4 is 16.0 Å². The Hall–Kier alpha value is -1.39. The van der Waals surface area contributed by atoms with Gasteiger partial charge in [-0.1, -0.05) is 20.8 Å². The third-order valence-electron chi connectivity index (χ3n) is 3.98. The SMILES string of the molecule is CCNC(=NCCNC(=O)C(C)(C)C)NC1CCCn2nc(C)nc21.I. The molecular weight excluding hydrogens is 445 g/mol. The van der Waals surface area contributed by atoms with Crippen molar-refractivity contribution in [2.75, 3.05) is 19.6 Å². The normalized spacial score (nSPS) is 17.1. The molecular formula is C17H32IN7O. The monoisotopic (exact) mass is 477 g/mol. The number of hydrogen-bond acceptors (Lipinski definition) is 4. The second kappa shape index (κ2) is 10.1. The van der Waals surface area contributed by atoms with E-state index >= 15 is 0 Å². The van der Waals surface area contributed by atoms with Crippen LogP contribution in [-0.2, 0) is 11.3 Å². The molecule has 0 saturated carbocycles. The molecule has 26 heavy (non-hydrogen) atoms. The van der Waals surface area contributed by atoms with Gasteiger partial charge in [0.2, 0.25) is 5.91 Å². The Morgan fingerprint density at radius 2 is 2.08 bits per heavy atom. The van der Waals surface area contributed by atoms with E-state index in [4.69, 9.17) is 0 Å². The predicted molar refractivity (Wildman–Crippen MR) is 114 cm³/mol. The highest BCUT2D eigenvalue weighted by Gasteiger charge is 2.24. The zero-order valence-electron chi connectivity index (χ0n) is 16.4. The molecule has 1 unspecified atom stereocenters. The molecule has 0 saturated heterocycles. The molecule has 0 bridgehead atoms. The molecule has 8 nitrogen and oxygen atoms in total. The number of guanidine groups is 1. The minimum atomic E-state index is -0.378. The summed E-state index contributed by atoms with van der Waals surface area (Å²) in [5.74, 6) is 2.55. The molecule has 1 amide bonds. The van der Waals surface area contributed by atoms with Crippen LogP contribution in [-0.4, -0.2) is 46.3 Å². The van der Waals surface area contributed by atoms with E-state index in [1.54, 1.807) is 0 Å². The summed E-state index contributed by atoms with van der Waals surface area (Å²) in [6, 6.07) is 0.108. The third-order valence-corrected chi connectivity index (χ3v) is 3.98. The summed E-state index contributed by atoms with van der Waals surface area (Å²) in [5.41, 5.74) is -0.378. The van der Waals surface area contributed by atoms with E-state index in [-0.39, 0.29) is 41.3 Å². The van der Waals surface area contributed by atoms with Gasteiger partial charge in [-0.3, -0.25) is 9.79 Å². The molecule has 148 valence electrons. The Bertz CT molecular complexity index is 621. The number of aromatic nitrogens is 3. The van der Waals surface area contributed by atoms with Gasteiger partial charge >= 0.3 is 0 Å². The van der Waals surface area contributed by atoms with Crippen LogP contribution in [0.25, 0.3) is 0 Å². The average Bonchev–Trinajstić information content (AvgIpc) is 2.91. The van der Waals surface area contributed by atoms with Crippen molar-refractivity contribution in [3.05, 3.63) is 11.6 Å². The first-order valence-electron chi connectivity index (χ1n) is 9.05. The van der Waals surface area contributed by atoms with Crippen LogP contribution in [0.3, 0.4) is 0 Å². The van der Waals surface area contributed by atoms with E-state index < -0.39 is 0 Å². The van der Waals surface area contributed by atoms with E-state index in [2.05, 4.69) is 31.0 Å². The second-order valence-corrected chi connectivity index (χ2v) is 7.35. The van der Waals surface area contributed by atoms with Crippen LogP contribution in [0.4, 0.5) is 0 Å². The topological polar surface area (TPSA) is 96.2 Å². The summed E-state index contributed by atoms with van der Waals surface area (Å²) < 4.78 is 1.98. The zero-order chi connectivity index (χ0) is 18.4. The predicted octanol–water partition coefficient (Wildman–Crippen LogP) is 1.76. The summed E-state index contributed by atoms with van der Waals surface area (Å²) in [5, 5.41) is 14.0. The minimum Gasteiger partial charge on any atom is -0.357 e. The third kappa shape index (κ3) is 6.40. The summed E-state index contributed by atoms with van der Waals surface area (Å²) in [6.07, 6.45) is 2.07. The lowest BCUT2D eigenvalue weighted by Gasteiger charge is -2.25. The lowest BCUT2D eigenvalue weighted by Crippen LogP contribution is -2.42. The van der Waals surface area contributed by atoms with Crippen molar-refractivity contribution >= 4 is 35.8 Å². The summed E-state index contributed by atoms with van der Waals surface area (Å²) in [4.78, 5) is 21.0. The molecule has 1 aliphatic heterocycles. The Kier molecular flexibility index (Phi) is 8.78. The molecule has 0 radical (unpaired) electrons. The largest absolute Gasteiger partial charge is 0.357 e. The quantitative estimate of drug-likeness (QED) is 0.260. The Morgan fingerprint density at radius 1 is 1.35 bits per heavy atom. The smallest absolute Gasteiger partial charge is 0.225 e. The van der Waals surface area contributed by atoms with Gasteiger partial charge in [0, 0.05) is 25.0 Å². The molecule has 1 atom stereocenters. The highest BCUT2D eigenvalue weighted by atomic mass is 127. The van der Waals surface area contributed by atoms with E-state index in [0.29, 0.717) is 13.1 Å². The minimum absolute atomic E-state index is 0. The number of aliphatic imine (C=N–C) groups is 1. The number of halogens is 1. The van der Waals surface area contributed by atoms with Gasteiger partial charge in [0.1, 0.15) is 11.6 Å². The molecule has 0 spiro atoms. The van der Waals surface area contributed by atoms with E-state index in [1.807, 2.05) is 39.3 Å². The van der Waals surface area contributed by atoms with Gasteiger partial charge in [0.05, 0.1) is 12.6 Å². The van der Waals surface area contributed by atoms with Crippen molar-refractivity contribution in [2.45, 2.75) is 60.0 Å². The Labute approximate surface area is 173 Å². The molecule has 0 aliphatic carbocycles. The number of carbonyl (C=O) groups excluding carboxylic acids is 1. The van der Waals surface area contributed by atoms with Crippen molar-refractivity contribution < 1.29 is 4.79 Å². The molecule has 2 rings (SSSR count). The van der Waals surface area contributed by atoms with Crippen LogP contribution in [0.2, 0.25) is 0 Å². The molecule has 9 heteroatoms. The van der Waals surface area contributed by atoms with Crippen LogP contribution in [0.1, 0.15) is 58.2 Å². The molecule has 1 aliphatic rings. The number of carbonyl (C=O) groups is 1. The number of aryl methyl sites for hydroxylation is 2. The molecule has 0 fully saturated rings. The number of nitrogens with one attached hydrogen (secondary N) is 3.